The highest BCUT2D eigenvalue weighted by molar-refractivity contribution is 5.94. The van der Waals surface area contributed by atoms with Gasteiger partial charge in [-0.2, -0.15) is 19.9 Å². The standard InChI is InChI=1S/C23H22N8O3/c1-31(14-8-3-2-4-9-14)23-28-18(27-22(24)29-23)19-26-20(34-30-19)16-12-7-13-25-17(16)21(32)33-15-10-5-6-11-15/h2-4,7-9,12-13,15H,5-6,10-11H2,1H3,(H2,24,27,28,29). The molecule has 4 aromatic rings. The molecule has 1 saturated carbocycles. The molecule has 5 rings (SSSR count). The van der Waals surface area contributed by atoms with E-state index in [9.17, 15) is 4.79 Å². The average molecular weight is 458 g/mol. The number of carbonyl (C=O) groups is 1. The quantitative estimate of drug-likeness (QED) is 0.424. The second-order valence-corrected chi connectivity index (χ2v) is 7.85. The molecule has 172 valence electrons. The van der Waals surface area contributed by atoms with E-state index in [-0.39, 0.29) is 35.3 Å². The van der Waals surface area contributed by atoms with Crippen LogP contribution in [0.15, 0.2) is 53.2 Å². The molecule has 2 N–H and O–H groups in total. The Bertz CT molecular complexity index is 1300. The summed E-state index contributed by atoms with van der Waals surface area (Å²) in [5.41, 5.74) is 7.28. The largest absolute Gasteiger partial charge is 0.458 e. The monoisotopic (exact) mass is 458 g/mol. The zero-order chi connectivity index (χ0) is 23.5. The van der Waals surface area contributed by atoms with Crippen molar-refractivity contribution in [3.05, 3.63) is 54.4 Å². The van der Waals surface area contributed by atoms with Crippen molar-refractivity contribution in [3.63, 3.8) is 0 Å². The molecular weight excluding hydrogens is 436 g/mol. The lowest BCUT2D eigenvalue weighted by Gasteiger charge is -2.17. The van der Waals surface area contributed by atoms with E-state index in [1.807, 2.05) is 37.4 Å². The molecule has 0 radical (unpaired) electrons. The smallest absolute Gasteiger partial charge is 0.358 e. The summed E-state index contributed by atoms with van der Waals surface area (Å²) < 4.78 is 11.0. The van der Waals surface area contributed by atoms with Crippen LogP contribution in [-0.4, -0.2) is 49.2 Å². The molecule has 11 heteroatoms. The third-order valence-corrected chi connectivity index (χ3v) is 5.52. The topological polar surface area (TPSA) is 146 Å². The third kappa shape index (κ3) is 4.40. The predicted octanol–water partition coefficient (Wildman–Crippen LogP) is 3.43. The van der Waals surface area contributed by atoms with E-state index < -0.39 is 5.97 Å². The van der Waals surface area contributed by atoms with E-state index in [1.165, 1.54) is 6.20 Å². The van der Waals surface area contributed by atoms with Crippen LogP contribution in [0.25, 0.3) is 23.1 Å². The number of nitrogens with zero attached hydrogens (tertiary/aromatic N) is 7. The van der Waals surface area contributed by atoms with E-state index >= 15 is 0 Å². The number of esters is 1. The number of para-hydroxylation sites is 1. The van der Waals surface area contributed by atoms with Gasteiger partial charge in [0.1, 0.15) is 6.10 Å². The number of benzene rings is 1. The summed E-state index contributed by atoms with van der Waals surface area (Å²) in [5, 5.41) is 3.99. The van der Waals surface area contributed by atoms with Crippen LogP contribution in [0.1, 0.15) is 36.2 Å². The molecule has 1 aromatic carbocycles. The van der Waals surface area contributed by atoms with E-state index in [4.69, 9.17) is 15.0 Å². The summed E-state index contributed by atoms with van der Waals surface area (Å²) >= 11 is 0. The highest BCUT2D eigenvalue weighted by atomic mass is 16.5. The van der Waals surface area contributed by atoms with Crippen molar-refractivity contribution in [2.45, 2.75) is 31.8 Å². The zero-order valence-electron chi connectivity index (χ0n) is 18.5. The second kappa shape index (κ2) is 9.22. The fourth-order valence-corrected chi connectivity index (χ4v) is 3.78. The molecule has 0 aliphatic heterocycles. The molecule has 0 spiro atoms. The van der Waals surface area contributed by atoms with Gasteiger partial charge in [-0.3, -0.25) is 0 Å². The van der Waals surface area contributed by atoms with Crippen LogP contribution in [-0.2, 0) is 4.74 Å². The number of carbonyl (C=O) groups excluding carboxylic acids is 1. The number of hydrogen-bond donors (Lipinski definition) is 1. The van der Waals surface area contributed by atoms with Gasteiger partial charge in [0, 0.05) is 18.9 Å². The van der Waals surface area contributed by atoms with Crippen molar-refractivity contribution >= 4 is 23.6 Å². The first kappa shape index (κ1) is 21.4. The molecule has 0 atom stereocenters. The first-order valence-electron chi connectivity index (χ1n) is 10.9. The van der Waals surface area contributed by atoms with Crippen LogP contribution in [0, 0.1) is 0 Å². The Balaban J connectivity index is 1.44. The van der Waals surface area contributed by atoms with Crippen molar-refractivity contribution in [3.8, 4) is 23.1 Å². The molecule has 0 saturated heterocycles. The number of hydrogen-bond acceptors (Lipinski definition) is 11. The zero-order valence-corrected chi connectivity index (χ0v) is 18.5. The van der Waals surface area contributed by atoms with Gasteiger partial charge in [-0.05, 0) is 49.9 Å². The molecule has 1 aliphatic rings. The van der Waals surface area contributed by atoms with Crippen LogP contribution in [0.2, 0.25) is 0 Å². The molecule has 1 fully saturated rings. The van der Waals surface area contributed by atoms with Crippen molar-refractivity contribution in [2.75, 3.05) is 17.7 Å². The van der Waals surface area contributed by atoms with Gasteiger partial charge in [0.25, 0.3) is 5.89 Å². The lowest BCUT2D eigenvalue weighted by molar-refractivity contribution is 0.0311. The third-order valence-electron chi connectivity index (χ3n) is 5.52. The lowest BCUT2D eigenvalue weighted by atomic mass is 10.2. The molecule has 0 unspecified atom stereocenters. The Morgan fingerprint density at radius 2 is 1.82 bits per heavy atom. The second-order valence-electron chi connectivity index (χ2n) is 7.85. The van der Waals surface area contributed by atoms with Gasteiger partial charge in [-0.25, -0.2) is 9.78 Å². The molecule has 11 nitrogen and oxygen atoms in total. The Hall–Kier alpha value is -4.41. The first-order chi connectivity index (χ1) is 16.6. The fraction of sp³-hybridized carbons (Fsp3) is 0.261. The molecule has 3 aromatic heterocycles. The normalized spacial score (nSPS) is 13.7. The van der Waals surface area contributed by atoms with E-state index in [2.05, 4.69) is 30.1 Å². The summed E-state index contributed by atoms with van der Waals surface area (Å²) in [6, 6.07) is 12.9. The summed E-state index contributed by atoms with van der Waals surface area (Å²) in [6.45, 7) is 0. The maximum atomic E-state index is 12.7. The number of rotatable bonds is 6. The Kier molecular flexibility index (Phi) is 5.81. The summed E-state index contributed by atoms with van der Waals surface area (Å²) in [6.07, 6.45) is 5.25. The van der Waals surface area contributed by atoms with Crippen LogP contribution >= 0.6 is 0 Å². The molecular formula is C23H22N8O3. The van der Waals surface area contributed by atoms with Gasteiger partial charge < -0.3 is 19.9 Å². The van der Waals surface area contributed by atoms with Gasteiger partial charge in [0.15, 0.2) is 5.69 Å². The number of nitrogens with two attached hydrogens (primary N) is 1. The SMILES string of the molecule is CN(c1ccccc1)c1nc(N)nc(-c2noc(-c3cccnc3C(=O)OC3CCCC3)n2)n1. The predicted molar refractivity (Wildman–Crippen MR) is 123 cm³/mol. The lowest BCUT2D eigenvalue weighted by Crippen LogP contribution is -2.16. The summed E-state index contributed by atoms with van der Waals surface area (Å²) in [7, 11) is 1.81. The Labute approximate surface area is 195 Å². The van der Waals surface area contributed by atoms with Crippen LogP contribution in [0.5, 0.6) is 0 Å². The van der Waals surface area contributed by atoms with Crippen molar-refractivity contribution in [2.24, 2.45) is 0 Å². The van der Waals surface area contributed by atoms with Gasteiger partial charge in [0.05, 0.1) is 5.56 Å². The minimum Gasteiger partial charge on any atom is -0.458 e. The maximum Gasteiger partial charge on any atom is 0.358 e. The van der Waals surface area contributed by atoms with Gasteiger partial charge in [0.2, 0.25) is 23.5 Å². The molecule has 0 amide bonds. The van der Waals surface area contributed by atoms with Crippen LogP contribution in [0.3, 0.4) is 0 Å². The molecule has 3 heterocycles. The first-order valence-corrected chi connectivity index (χ1v) is 10.9. The Morgan fingerprint density at radius 3 is 2.62 bits per heavy atom. The Morgan fingerprint density at radius 1 is 1.03 bits per heavy atom. The number of aromatic nitrogens is 6. The van der Waals surface area contributed by atoms with Gasteiger partial charge in [-0.1, -0.05) is 23.4 Å². The minimum atomic E-state index is -0.515. The van der Waals surface area contributed by atoms with Crippen LogP contribution < -0.4 is 10.6 Å². The number of ether oxygens (including phenoxy) is 1. The van der Waals surface area contributed by atoms with E-state index in [1.54, 1.807) is 17.0 Å². The highest BCUT2D eigenvalue weighted by Gasteiger charge is 2.25. The van der Waals surface area contributed by atoms with Crippen LogP contribution in [0.4, 0.5) is 17.6 Å². The number of nitrogen functional groups attached to an aromatic ring is 1. The molecule has 34 heavy (non-hydrogen) atoms. The van der Waals surface area contributed by atoms with Gasteiger partial charge >= 0.3 is 5.97 Å². The summed E-state index contributed by atoms with van der Waals surface area (Å²) in [4.78, 5) is 35.9. The van der Waals surface area contributed by atoms with Crippen molar-refractivity contribution in [1.82, 2.24) is 30.1 Å². The van der Waals surface area contributed by atoms with E-state index in [0.29, 0.717) is 11.5 Å². The van der Waals surface area contributed by atoms with Gasteiger partial charge in [-0.15, -0.1) is 0 Å². The number of anilines is 3. The van der Waals surface area contributed by atoms with E-state index in [0.717, 1.165) is 31.4 Å². The fourth-order valence-electron chi connectivity index (χ4n) is 3.78. The summed E-state index contributed by atoms with van der Waals surface area (Å²) in [5.74, 6) is 0.153. The number of pyridine rings is 1. The minimum absolute atomic E-state index is 0.0105. The highest BCUT2D eigenvalue weighted by Crippen LogP contribution is 2.27. The molecule has 1 aliphatic carbocycles. The molecule has 0 bridgehead atoms. The van der Waals surface area contributed by atoms with Crippen molar-refractivity contribution < 1.29 is 14.1 Å². The maximum absolute atomic E-state index is 12.7. The average Bonchev–Trinajstić information content (AvgIpc) is 3.56. The van der Waals surface area contributed by atoms with Crippen molar-refractivity contribution in [1.29, 1.82) is 0 Å².